The van der Waals surface area contributed by atoms with Gasteiger partial charge in [0.05, 0.1) is 6.42 Å². The number of piperazine rings is 1. The van der Waals surface area contributed by atoms with Crippen LogP contribution in [0.2, 0.25) is 0 Å². The molecule has 0 saturated carbocycles. The van der Waals surface area contributed by atoms with Gasteiger partial charge in [-0.1, -0.05) is 34.1 Å². The predicted octanol–water partition coefficient (Wildman–Crippen LogP) is 2.20. The summed E-state index contributed by atoms with van der Waals surface area (Å²) in [5.41, 5.74) is 1.06. The molecule has 2 atom stereocenters. The summed E-state index contributed by atoms with van der Waals surface area (Å²) in [6.07, 6.45) is 0.473. The Bertz CT molecular complexity index is 426. The minimum absolute atomic E-state index is 0.210. The lowest BCUT2D eigenvalue weighted by Crippen LogP contribution is -2.56. The van der Waals surface area contributed by atoms with Crippen LogP contribution in [0.15, 0.2) is 28.7 Å². The molecule has 1 aromatic rings. The number of hydrogen-bond acceptors (Lipinski definition) is 2. The molecule has 1 fully saturated rings. The first kappa shape index (κ1) is 13.6. The van der Waals surface area contributed by atoms with Crippen LogP contribution in [0, 0.1) is 0 Å². The number of carbonyl (C=O) groups excluding carboxylic acids is 1. The van der Waals surface area contributed by atoms with Gasteiger partial charge in [0.1, 0.15) is 0 Å². The van der Waals surface area contributed by atoms with Gasteiger partial charge in [-0.25, -0.2) is 0 Å². The second-order valence-corrected chi connectivity index (χ2v) is 5.89. The summed E-state index contributed by atoms with van der Waals surface area (Å²) in [4.78, 5) is 14.3. The van der Waals surface area contributed by atoms with Crippen LogP contribution in [-0.4, -0.2) is 36.0 Å². The molecule has 1 aliphatic heterocycles. The van der Waals surface area contributed by atoms with Crippen LogP contribution in [0.5, 0.6) is 0 Å². The van der Waals surface area contributed by atoms with Gasteiger partial charge in [0.15, 0.2) is 0 Å². The topological polar surface area (TPSA) is 32.3 Å². The van der Waals surface area contributed by atoms with Gasteiger partial charge in [-0.3, -0.25) is 4.79 Å². The Labute approximate surface area is 117 Å². The van der Waals surface area contributed by atoms with Gasteiger partial charge in [-0.2, -0.15) is 0 Å². The molecule has 1 N–H and O–H groups in total. The third-order valence-electron chi connectivity index (χ3n) is 3.21. The molecule has 98 valence electrons. The first-order chi connectivity index (χ1) is 8.56. The molecule has 1 amide bonds. The molecule has 0 unspecified atom stereocenters. The normalized spacial score (nSPS) is 24.1. The second kappa shape index (κ2) is 5.85. The van der Waals surface area contributed by atoms with E-state index in [9.17, 15) is 4.79 Å². The lowest BCUT2D eigenvalue weighted by Gasteiger charge is -2.36. The van der Waals surface area contributed by atoms with Crippen molar-refractivity contribution in [2.24, 2.45) is 0 Å². The number of halogens is 1. The van der Waals surface area contributed by atoms with Crippen molar-refractivity contribution in [3.8, 4) is 0 Å². The molecule has 3 nitrogen and oxygen atoms in total. The van der Waals surface area contributed by atoms with E-state index in [4.69, 9.17) is 0 Å². The SMILES string of the molecule is C[C@@H]1CN(C(=O)Cc2ccccc2Br)C[C@@H](C)N1. The van der Waals surface area contributed by atoms with Crippen molar-refractivity contribution in [1.82, 2.24) is 10.2 Å². The highest BCUT2D eigenvalue weighted by Gasteiger charge is 2.24. The van der Waals surface area contributed by atoms with Gasteiger partial charge < -0.3 is 10.2 Å². The fourth-order valence-electron chi connectivity index (χ4n) is 2.45. The van der Waals surface area contributed by atoms with Gasteiger partial charge in [-0.15, -0.1) is 0 Å². The van der Waals surface area contributed by atoms with E-state index in [1.165, 1.54) is 0 Å². The maximum atomic E-state index is 12.3. The fourth-order valence-corrected chi connectivity index (χ4v) is 2.87. The first-order valence-electron chi connectivity index (χ1n) is 6.33. The largest absolute Gasteiger partial charge is 0.339 e. The minimum Gasteiger partial charge on any atom is -0.339 e. The summed E-state index contributed by atoms with van der Waals surface area (Å²) in [5, 5.41) is 3.44. The van der Waals surface area contributed by atoms with Gasteiger partial charge >= 0.3 is 0 Å². The summed E-state index contributed by atoms with van der Waals surface area (Å²) in [7, 11) is 0. The highest BCUT2D eigenvalue weighted by Crippen LogP contribution is 2.17. The average Bonchev–Trinajstić information content (AvgIpc) is 2.31. The third kappa shape index (κ3) is 3.33. The van der Waals surface area contributed by atoms with E-state index in [0.29, 0.717) is 18.5 Å². The molecule has 0 radical (unpaired) electrons. The maximum absolute atomic E-state index is 12.3. The Hall–Kier alpha value is -0.870. The second-order valence-electron chi connectivity index (χ2n) is 5.04. The van der Waals surface area contributed by atoms with E-state index in [2.05, 4.69) is 35.1 Å². The Balaban J connectivity index is 2.02. The van der Waals surface area contributed by atoms with E-state index >= 15 is 0 Å². The maximum Gasteiger partial charge on any atom is 0.227 e. The molecule has 4 heteroatoms. The molecule has 0 bridgehead atoms. The van der Waals surface area contributed by atoms with Crippen molar-refractivity contribution in [1.29, 1.82) is 0 Å². The Morgan fingerprint density at radius 2 is 1.94 bits per heavy atom. The summed E-state index contributed by atoms with van der Waals surface area (Å²) in [6.45, 7) is 5.84. The van der Waals surface area contributed by atoms with Crippen molar-refractivity contribution in [3.63, 3.8) is 0 Å². The Morgan fingerprint density at radius 3 is 2.56 bits per heavy atom. The van der Waals surface area contributed by atoms with Gasteiger partial charge in [-0.05, 0) is 25.5 Å². The lowest BCUT2D eigenvalue weighted by atomic mass is 10.1. The fraction of sp³-hybridized carbons (Fsp3) is 0.500. The molecule has 1 aliphatic rings. The molecule has 1 heterocycles. The summed E-state index contributed by atoms with van der Waals surface area (Å²) in [6, 6.07) is 8.65. The van der Waals surface area contributed by atoms with Crippen molar-refractivity contribution >= 4 is 21.8 Å². The molecule has 0 aromatic heterocycles. The molecule has 1 saturated heterocycles. The van der Waals surface area contributed by atoms with E-state index in [0.717, 1.165) is 23.1 Å². The Morgan fingerprint density at radius 1 is 1.33 bits per heavy atom. The van der Waals surface area contributed by atoms with Crippen molar-refractivity contribution in [2.75, 3.05) is 13.1 Å². The zero-order valence-electron chi connectivity index (χ0n) is 10.8. The van der Waals surface area contributed by atoms with Crippen LogP contribution in [-0.2, 0) is 11.2 Å². The first-order valence-corrected chi connectivity index (χ1v) is 7.13. The van der Waals surface area contributed by atoms with Gasteiger partial charge in [0.25, 0.3) is 0 Å². The molecular formula is C14H19BrN2O. The monoisotopic (exact) mass is 310 g/mol. The third-order valence-corrected chi connectivity index (χ3v) is 3.98. The van der Waals surface area contributed by atoms with E-state index in [-0.39, 0.29) is 5.91 Å². The van der Waals surface area contributed by atoms with E-state index < -0.39 is 0 Å². The smallest absolute Gasteiger partial charge is 0.227 e. The van der Waals surface area contributed by atoms with Gasteiger partial charge in [0.2, 0.25) is 5.91 Å². The van der Waals surface area contributed by atoms with Crippen LogP contribution in [0.4, 0.5) is 0 Å². The standard InChI is InChI=1S/C14H19BrN2O/c1-10-8-17(9-11(2)16-10)14(18)7-12-5-3-4-6-13(12)15/h3-6,10-11,16H,7-9H2,1-2H3/t10-,11-/m1/s1. The van der Waals surface area contributed by atoms with Gasteiger partial charge in [0, 0.05) is 29.6 Å². The number of nitrogens with zero attached hydrogens (tertiary/aromatic N) is 1. The molecule has 18 heavy (non-hydrogen) atoms. The zero-order valence-corrected chi connectivity index (χ0v) is 12.4. The number of amides is 1. The Kier molecular flexibility index (Phi) is 4.40. The number of hydrogen-bond donors (Lipinski definition) is 1. The summed E-state index contributed by atoms with van der Waals surface area (Å²) < 4.78 is 1.01. The molecule has 0 spiro atoms. The van der Waals surface area contributed by atoms with Crippen LogP contribution >= 0.6 is 15.9 Å². The quantitative estimate of drug-likeness (QED) is 0.908. The van der Waals surface area contributed by atoms with Crippen molar-refractivity contribution in [3.05, 3.63) is 34.3 Å². The number of benzene rings is 1. The summed E-state index contributed by atoms with van der Waals surface area (Å²) >= 11 is 3.49. The van der Waals surface area contributed by atoms with E-state index in [1.54, 1.807) is 0 Å². The minimum atomic E-state index is 0.210. The number of rotatable bonds is 2. The average molecular weight is 311 g/mol. The highest BCUT2D eigenvalue weighted by atomic mass is 79.9. The summed E-state index contributed by atoms with van der Waals surface area (Å²) in [5.74, 6) is 0.210. The lowest BCUT2D eigenvalue weighted by molar-refractivity contribution is -0.132. The zero-order chi connectivity index (χ0) is 13.1. The molecule has 0 aliphatic carbocycles. The molecule has 2 rings (SSSR count). The van der Waals surface area contributed by atoms with Crippen LogP contribution in [0.3, 0.4) is 0 Å². The van der Waals surface area contributed by atoms with E-state index in [1.807, 2.05) is 29.2 Å². The molecule has 1 aromatic carbocycles. The van der Waals surface area contributed by atoms with Crippen molar-refractivity contribution < 1.29 is 4.79 Å². The van der Waals surface area contributed by atoms with Crippen LogP contribution in [0.25, 0.3) is 0 Å². The van der Waals surface area contributed by atoms with Crippen LogP contribution < -0.4 is 5.32 Å². The number of carbonyl (C=O) groups is 1. The highest BCUT2D eigenvalue weighted by molar-refractivity contribution is 9.10. The number of nitrogens with one attached hydrogen (secondary N) is 1. The van der Waals surface area contributed by atoms with Crippen molar-refractivity contribution in [2.45, 2.75) is 32.4 Å². The van der Waals surface area contributed by atoms with Crippen LogP contribution in [0.1, 0.15) is 19.4 Å². The predicted molar refractivity (Wildman–Crippen MR) is 76.5 cm³/mol. The molecular weight excluding hydrogens is 292 g/mol.